The molecule has 0 aliphatic carbocycles. The maximum atomic E-state index is 14.2. The van der Waals surface area contributed by atoms with Crippen molar-refractivity contribution in [3.05, 3.63) is 41.5 Å². The third kappa shape index (κ3) is 7.87. The van der Waals surface area contributed by atoms with E-state index < -0.39 is 11.9 Å². The number of allylic oxidation sites excluding steroid dienone is 1. The summed E-state index contributed by atoms with van der Waals surface area (Å²) in [6.45, 7) is 4.34. The van der Waals surface area contributed by atoms with Crippen LogP contribution >= 0.6 is 0 Å². The van der Waals surface area contributed by atoms with E-state index in [9.17, 15) is 9.18 Å². The second-order valence-electron chi connectivity index (χ2n) is 5.47. The highest BCUT2D eigenvalue weighted by Crippen LogP contribution is 2.14. The molecule has 26 heavy (non-hydrogen) atoms. The number of nitrogens with one attached hydrogen (secondary N) is 2. The summed E-state index contributed by atoms with van der Waals surface area (Å²) >= 11 is 0. The lowest BCUT2D eigenvalue weighted by Crippen LogP contribution is -2.36. The van der Waals surface area contributed by atoms with Crippen molar-refractivity contribution in [2.24, 2.45) is 10.7 Å². The zero-order chi connectivity index (χ0) is 19.4. The lowest BCUT2D eigenvalue weighted by Gasteiger charge is -2.11. The lowest BCUT2D eigenvalue weighted by atomic mass is 10.2. The fourth-order valence-electron chi connectivity index (χ4n) is 1.95. The molecule has 0 aliphatic heterocycles. The van der Waals surface area contributed by atoms with Gasteiger partial charge in [-0.2, -0.15) is 4.99 Å². The van der Waals surface area contributed by atoms with Crippen molar-refractivity contribution in [3.8, 4) is 5.75 Å². The molecule has 0 aromatic heterocycles. The number of ether oxygens (including phenoxy) is 2. The molecule has 0 aliphatic rings. The summed E-state index contributed by atoms with van der Waals surface area (Å²) in [6, 6.07) is 6.46. The molecular weight excluding hydrogens is 339 g/mol. The number of hydrogen-bond acceptors (Lipinski definition) is 4. The minimum Gasteiger partial charge on any atom is -0.497 e. The van der Waals surface area contributed by atoms with Gasteiger partial charge < -0.3 is 20.5 Å². The zero-order valence-corrected chi connectivity index (χ0v) is 15.5. The van der Waals surface area contributed by atoms with E-state index in [-0.39, 0.29) is 24.9 Å². The van der Waals surface area contributed by atoms with Crippen molar-refractivity contribution in [1.82, 2.24) is 10.6 Å². The van der Waals surface area contributed by atoms with Crippen molar-refractivity contribution in [1.29, 1.82) is 0 Å². The van der Waals surface area contributed by atoms with Gasteiger partial charge in [0.2, 0.25) is 0 Å². The average Bonchev–Trinajstić information content (AvgIpc) is 2.64. The number of carbonyl (C=O) groups is 1. The first kappa shape index (κ1) is 21.3. The van der Waals surface area contributed by atoms with E-state index in [1.807, 2.05) is 26.0 Å². The van der Waals surface area contributed by atoms with Gasteiger partial charge in [0.1, 0.15) is 18.2 Å². The third-order valence-electron chi connectivity index (χ3n) is 3.24. The third-order valence-corrected chi connectivity index (χ3v) is 3.24. The van der Waals surface area contributed by atoms with Crippen LogP contribution in [-0.4, -0.2) is 25.7 Å². The van der Waals surface area contributed by atoms with Crippen LogP contribution in [0.2, 0.25) is 0 Å². The number of rotatable bonds is 9. The molecule has 0 spiro atoms. The number of aliphatic imine (C=N–C) groups is 1. The molecule has 0 saturated carbocycles. The van der Waals surface area contributed by atoms with Crippen LogP contribution in [0.15, 0.2) is 40.9 Å². The SMILES string of the molecule is CCCNC(=O)N/C(N=C(N)OCc1cccc(OC)c1)=C(\F)CCC. The predicted octanol–water partition coefficient (Wildman–Crippen LogP) is 3.17. The molecule has 2 amide bonds. The highest BCUT2D eigenvalue weighted by atomic mass is 19.1. The topological polar surface area (TPSA) is 98.0 Å². The second-order valence-corrected chi connectivity index (χ2v) is 5.47. The van der Waals surface area contributed by atoms with Crippen molar-refractivity contribution < 1.29 is 18.7 Å². The molecule has 0 fully saturated rings. The number of methoxy groups -OCH3 is 1. The maximum absolute atomic E-state index is 14.2. The van der Waals surface area contributed by atoms with Gasteiger partial charge in [-0.3, -0.25) is 5.32 Å². The first-order valence-electron chi connectivity index (χ1n) is 8.53. The van der Waals surface area contributed by atoms with E-state index in [0.29, 0.717) is 18.7 Å². The fourth-order valence-corrected chi connectivity index (χ4v) is 1.95. The number of halogens is 1. The van der Waals surface area contributed by atoms with E-state index in [2.05, 4.69) is 15.6 Å². The highest BCUT2D eigenvalue weighted by molar-refractivity contribution is 5.78. The fraction of sp³-hybridized carbons (Fsp3) is 0.444. The zero-order valence-electron chi connectivity index (χ0n) is 15.5. The van der Waals surface area contributed by atoms with Gasteiger partial charge in [-0.25, -0.2) is 9.18 Å². The first-order chi connectivity index (χ1) is 12.5. The van der Waals surface area contributed by atoms with Gasteiger partial charge in [0.05, 0.1) is 7.11 Å². The van der Waals surface area contributed by atoms with Crippen LogP contribution in [0, 0.1) is 0 Å². The van der Waals surface area contributed by atoms with E-state index in [1.165, 1.54) is 0 Å². The molecule has 0 atom stereocenters. The number of urea groups is 1. The monoisotopic (exact) mass is 366 g/mol. The first-order valence-corrected chi connectivity index (χ1v) is 8.53. The van der Waals surface area contributed by atoms with Crippen LogP contribution in [0.4, 0.5) is 9.18 Å². The van der Waals surface area contributed by atoms with Crippen LogP contribution in [0.25, 0.3) is 0 Å². The number of hydrogen-bond donors (Lipinski definition) is 3. The van der Waals surface area contributed by atoms with E-state index in [4.69, 9.17) is 15.2 Å². The molecule has 0 saturated heterocycles. The Kier molecular flexibility index (Phi) is 9.59. The van der Waals surface area contributed by atoms with Crippen molar-refractivity contribution >= 4 is 12.1 Å². The van der Waals surface area contributed by atoms with Crippen LogP contribution < -0.4 is 21.1 Å². The van der Waals surface area contributed by atoms with E-state index in [1.54, 1.807) is 19.2 Å². The molecule has 8 heteroatoms. The van der Waals surface area contributed by atoms with Crippen LogP contribution in [0.1, 0.15) is 38.7 Å². The number of carbonyl (C=O) groups excluding carboxylic acids is 1. The van der Waals surface area contributed by atoms with Crippen molar-refractivity contribution in [3.63, 3.8) is 0 Å². The van der Waals surface area contributed by atoms with Crippen LogP contribution in [0.3, 0.4) is 0 Å². The largest absolute Gasteiger partial charge is 0.497 e. The Morgan fingerprint density at radius 2 is 2.08 bits per heavy atom. The molecule has 0 heterocycles. The van der Waals surface area contributed by atoms with Gasteiger partial charge in [-0.05, 0) is 30.5 Å². The summed E-state index contributed by atoms with van der Waals surface area (Å²) in [5, 5.41) is 4.96. The Labute approximate surface area is 153 Å². The molecule has 0 unspecified atom stereocenters. The Balaban J connectivity index is 2.79. The average molecular weight is 366 g/mol. The van der Waals surface area contributed by atoms with E-state index >= 15 is 0 Å². The summed E-state index contributed by atoms with van der Waals surface area (Å²) in [6.07, 6.45) is 1.46. The molecule has 7 nitrogen and oxygen atoms in total. The van der Waals surface area contributed by atoms with Gasteiger partial charge in [-0.1, -0.05) is 26.0 Å². The standard InChI is InChI=1S/C18H27FN4O3/c1-4-7-15(19)16(23-18(24)21-10-5-2)22-17(20)26-12-13-8-6-9-14(11-13)25-3/h6,8-9,11H,4-5,7,10,12H2,1-3H3,(H2,20,22)(H2,21,23,24)/b16-15-. The molecule has 4 N–H and O–H groups in total. The number of amidine groups is 1. The second kappa shape index (κ2) is 11.7. The summed E-state index contributed by atoms with van der Waals surface area (Å²) in [4.78, 5) is 15.6. The van der Waals surface area contributed by atoms with Gasteiger partial charge in [0, 0.05) is 13.0 Å². The Morgan fingerprint density at radius 3 is 2.73 bits per heavy atom. The quantitative estimate of drug-likeness (QED) is 0.462. The molecule has 1 rings (SSSR count). The lowest BCUT2D eigenvalue weighted by molar-refractivity contribution is 0.242. The Bertz CT molecular complexity index is 647. The van der Waals surface area contributed by atoms with Gasteiger partial charge in [-0.15, -0.1) is 0 Å². The number of nitrogens with two attached hydrogens (primary N) is 1. The molecular formula is C18H27FN4O3. The molecule has 0 bridgehead atoms. The summed E-state index contributed by atoms with van der Waals surface area (Å²) < 4.78 is 24.7. The summed E-state index contributed by atoms with van der Waals surface area (Å²) in [7, 11) is 1.57. The smallest absolute Gasteiger partial charge is 0.320 e. The van der Waals surface area contributed by atoms with Gasteiger partial charge >= 0.3 is 6.03 Å². The number of amides is 2. The van der Waals surface area contributed by atoms with Gasteiger partial charge in [0.25, 0.3) is 6.02 Å². The predicted molar refractivity (Wildman–Crippen MR) is 99.3 cm³/mol. The van der Waals surface area contributed by atoms with E-state index in [0.717, 1.165) is 12.0 Å². The normalized spacial score (nSPS) is 12.2. The molecule has 0 radical (unpaired) electrons. The number of nitrogens with zero attached hydrogens (tertiary/aromatic N) is 1. The molecule has 1 aromatic carbocycles. The minimum absolute atomic E-state index is 0.135. The van der Waals surface area contributed by atoms with Crippen LogP contribution in [-0.2, 0) is 11.3 Å². The van der Waals surface area contributed by atoms with Crippen molar-refractivity contribution in [2.45, 2.75) is 39.7 Å². The van der Waals surface area contributed by atoms with Gasteiger partial charge in [0.15, 0.2) is 5.82 Å². The Morgan fingerprint density at radius 1 is 1.31 bits per heavy atom. The number of benzene rings is 1. The molecule has 1 aromatic rings. The summed E-state index contributed by atoms with van der Waals surface area (Å²) in [5.41, 5.74) is 6.54. The summed E-state index contributed by atoms with van der Waals surface area (Å²) in [5.74, 6) is -0.124. The maximum Gasteiger partial charge on any atom is 0.320 e. The Hall–Kier alpha value is -2.77. The van der Waals surface area contributed by atoms with Crippen molar-refractivity contribution in [2.75, 3.05) is 13.7 Å². The highest BCUT2D eigenvalue weighted by Gasteiger charge is 2.11. The minimum atomic E-state index is -0.563. The van der Waals surface area contributed by atoms with Crippen LogP contribution in [0.5, 0.6) is 5.75 Å². The molecule has 144 valence electrons.